The highest BCUT2D eigenvalue weighted by molar-refractivity contribution is 6.31. The van der Waals surface area contributed by atoms with E-state index in [1.54, 1.807) is 6.20 Å². The van der Waals surface area contributed by atoms with Crippen LogP contribution in [0.1, 0.15) is 29.4 Å². The van der Waals surface area contributed by atoms with Crippen LogP contribution in [0.2, 0.25) is 5.02 Å². The lowest BCUT2D eigenvalue weighted by atomic mass is 9.85. The molecule has 2 heterocycles. The van der Waals surface area contributed by atoms with Crippen LogP contribution in [-0.4, -0.2) is 9.97 Å². The number of oxazole rings is 1. The zero-order valence-electron chi connectivity index (χ0n) is 12.0. The SMILES string of the molecule is Clc1ccccc1C1CCc2nc(-c3ccccn3)oc2C1. The molecule has 4 heteroatoms. The van der Waals surface area contributed by atoms with Crippen molar-refractivity contribution in [1.82, 2.24) is 9.97 Å². The Balaban J connectivity index is 1.64. The van der Waals surface area contributed by atoms with Crippen LogP contribution in [0, 0.1) is 0 Å². The molecule has 1 atom stereocenters. The molecule has 1 aliphatic rings. The van der Waals surface area contributed by atoms with E-state index in [0.717, 1.165) is 41.4 Å². The lowest BCUT2D eigenvalue weighted by Crippen LogP contribution is -2.12. The van der Waals surface area contributed by atoms with Gasteiger partial charge in [-0.3, -0.25) is 4.98 Å². The fourth-order valence-electron chi connectivity index (χ4n) is 3.05. The Morgan fingerprint density at radius 3 is 2.77 bits per heavy atom. The Labute approximate surface area is 134 Å². The fraction of sp³-hybridized carbons (Fsp3) is 0.222. The molecule has 3 nitrogen and oxygen atoms in total. The van der Waals surface area contributed by atoms with Gasteiger partial charge in [0.1, 0.15) is 11.5 Å². The molecule has 2 aromatic heterocycles. The maximum atomic E-state index is 6.33. The standard InChI is InChI=1S/C18H15ClN2O/c19-14-6-2-1-5-13(14)12-8-9-15-17(11-12)22-18(21-15)16-7-3-4-10-20-16/h1-7,10,12H,8-9,11H2. The van der Waals surface area contributed by atoms with Gasteiger partial charge >= 0.3 is 0 Å². The van der Waals surface area contributed by atoms with Gasteiger partial charge in [0.05, 0.1) is 5.69 Å². The normalized spacial score (nSPS) is 17.2. The molecule has 0 aliphatic heterocycles. The number of pyridine rings is 1. The summed E-state index contributed by atoms with van der Waals surface area (Å²) in [5.74, 6) is 1.98. The molecule has 0 saturated carbocycles. The van der Waals surface area contributed by atoms with E-state index in [4.69, 9.17) is 16.0 Å². The number of hydrogen-bond acceptors (Lipinski definition) is 3. The van der Waals surface area contributed by atoms with Crippen molar-refractivity contribution in [2.75, 3.05) is 0 Å². The van der Waals surface area contributed by atoms with E-state index in [9.17, 15) is 0 Å². The second kappa shape index (κ2) is 5.58. The second-order valence-corrected chi connectivity index (χ2v) is 5.97. The van der Waals surface area contributed by atoms with Crippen LogP contribution in [0.15, 0.2) is 53.1 Å². The van der Waals surface area contributed by atoms with Crippen molar-refractivity contribution in [2.24, 2.45) is 0 Å². The number of aromatic nitrogens is 2. The molecule has 3 aromatic rings. The molecule has 0 N–H and O–H groups in total. The van der Waals surface area contributed by atoms with Gasteiger partial charge in [0.15, 0.2) is 0 Å². The highest BCUT2D eigenvalue weighted by atomic mass is 35.5. The van der Waals surface area contributed by atoms with Crippen LogP contribution in [0.5, 0.6) is 0 Å². The molecule has 0 radical (unpaired) electrons. The first kappa shape index (κ1) is 13.5. The Hall–Kier alpha value is -2.13. The van der Waals surface area contributed by atoms with Crippen molar-refractivity contribution >= 4 is 11.6 Å². The van der Waals surface area contributed by atoms with Gasteiger partial charge in [0.2, 0.25) is 5.89 Å². The monoisotopic (exact) mass is 310 g/mol. The fourth-order valence-corrected chi connectivity index (χ4v) is 3.34. The molecule has 0 amide bonds. The van der Waals surface area contributed by atoms with Crippen molar-refractivity contribution in [1.29, 1.82) is 0 Å². The van der Waals surface area contributed by atoms with E-state index in [-0.39, 0.29) is 0 Å². The zero-order valence-corrected chi connectivity index (χ0v) is 12.8. The maximum Gasteiger partial charge on any atom is 0.245 e. The third kappa shape index (κ3) is 2.42. The molecule has 4 rings (SSSR count). The Kier molecular flexibility index (Phi) is 3.43. The molecule has 0 bridgehead atoms. The van der Waals surface area contributed by atoms with Gasteiger partial charge in [0, 0.05) is 17.6 Å². The van der Waals surface area contributed by atoms with Crippen molar-refractivity contribution in [3.63, 3.8) is 0 Å². The summed E-state index contributed by atoms with van der Waals surface area (Å²) in [6.45, 7) is 0. The van der Waals surface area contributed by atoms with E-state index in [0.29, 0.717) is 11.8 Å². The lowest BCUT2D eigenvalue weighted by molar-refractivity contribution is 0.457. The van der Waals surface area contributed by atoms with E-state index in [2.05, 4.69) is 16.0 Å². The predicted octanol–water partition coefficient (Wildman–Crippen LogP) is 4.66. The summed E-state index contributed by atoms with van der Waals surface area (Å²) in [6, 6.07) is 13.8. The first-order chi connectivity index (χ1) is 10.8. The molecule has 0 saturated heterocycles. The molecule has 0 fully saturated rings. The average molecular weight is 311 g/mol. The molecular weight excluding hydrogens is 296 g/mol. The van der Waals surface area contributed by atoms with Crippen LogP contribution < -0.4 is 0 Å². The average Bonchev–Trinajstić information content (AvgIpc) is 2.99. The van der Waals surface area contributed by atoms with Gasteiger partial charge < -0.3 is 4.42 Å². The van der Waals surface area contributed by atoms with Crippen molar-refractivity contribution in [2.45, 2.75) is 25.2 Å². The van der Waals surface area contributed by atoms with E-state index < -0.39 is 0 Å². The summed E-state index contributed by atoms with van der Waals surface area (Å²) in [7, 11) is 0. The Morgan fingerprint density at radius 1 is 1.09 bits per heavy atom. The molecular formula is C18H15ClN2O. The first-order valence-corrected chi connectivity index (χ1v) is 7.83. The third-order valence-corrected chi connectivity index (χ3v) is 4.51. The van der Waals surface area contributed by atoms with Crippen LogP contribution in [0.4, 0.5) is 0 Å². The number of rotatable bonds is 2. The molecule has 110 valence electrons. The van der Waals surface area contributed by atoms with Gasteiger partial charge in [-0.05, 0) is 42.5 Å². The lowest BCUT2D eigenvalue weighted by Gasteiger charge is -2.21. The van der Waals surface area contributed by atoms with Crippen molar-refractivity contribution in [3.8, 4) is 11.6 Å². The summed E-state index contributed by atoms with van der Waals surface area (Å²) < 4.78 is 5.97. The number of nitrogens with zero attached hydrogens (tertiary/aromatic N) is 2. The first-order valence-electron chi connectivity index (χ1n) is 7.45. The predicted molar refractivity (Wildman–Crippen MR) is 86.0 cm³/mol. The highest BCUT2D eigenvalue weighted by Gasteiger charge is 2.26. The second-order valence-electron chi connectivity index (χ2n) is 5.57. The van der Waals surface area contributed by atoms with Crippen LogP contribution in [0.25, 0.3) is 11.6 Å². The summed E-state index contributed by atoms with van der Waals surface area (Å²) in [5.41, 5.74) is 3.04. The zero-order chi connectivity index (χ0) is 14.9. The third-order valence-electron chi connectivity index (χ3n) is 4.17. The number of aryl methyl sites for hydroxylation is 1. The largest absolute Gasteiger partial charge is 0.440 e. The van der Waals surface area contributed by atoms with Gasteiger partial charge in [-0.25, -0.2) is 4.98 Å². The summed E-state index contributed by atoms with van der Waals surface area (Å²) >= 11 is 6.33. The molecule has 1 aliphatic carbocycles. The molecule has 0 spiro atoms. The quantitative estimate of drug-likeness (QED) is 0.691. The Morgan fingerprint density at radius 2 is 1.95 bits per heavy atom. The smallest absolute Gasteiger partial charge is 0.245 e. The van der Waals surface area contributed by atoms with Gasteiger partial charge in [-0.15, -0.1) is 0 Å². The number of halogens is 1. The van der Waals surface area contributed by atoms with E-state index >= 15 is 0 Å². The van der Waals surface area contributed by atoms with Gasteiger partial charge in [-0.2, -0.15) is 0 Å². The minimum atomic E-state index is 0.394. The molecule has 1 aromatic carbocycles. The maximum absolute atomic E-state index is 6.33. The van der Waals surface area contributed by atoms with Crippen LogP contribution in [-0.2, 0) is 12.8 Å². The summed E-state index contributed by atoms with van der Waals surface area (Å²) in [5, 5.41) is 0.834. The van der Waals surface area contributed by atoms with Crippen molar-refractivity contribution in [3.05, 3.63) is 70.7 Å². The minimum Gasteiger partial charge on any atom is -0.440 e. The topological polar surface area (TPSA) is 38.9 Å². The summed E-state index contributed by atoms with van der Waals surface area (Å²) in [4.78, 5) is 8.92. The minimum absolute atomic E-state index is 0.394. The van der Waals surface area contributed by atoms with Crippen LogP contribution in [0.3, 0.4) is 0 Å². The van der Waals surface area contributed by atoms with Gasteiger partial charge in [-0.1, -0.05) is 35.9 Å². The number of hydrogen-bond donors (Lipinski definition) is 0. The summed E-state index contributed by atoms with van der Waals surface area (Å²) in [6.07, 6.45) is 4.57. The molecule has 1 unspecified atom stereocenters. The number of benzene rings is 1. The van der Waals surface area contributed by atoms with E-state index in [1.165, 1.54) is 5.56 Å². The van der Waals surface area contributed by atoms with Crippen molar-refractivity contribution < 1.29 is 4.42 Å². The molecule has 22 heavy (non-hydrogen) atoms. The Bertz CT molecular complexity index is 798. The van der Waals surface area contributed by atoms with E-state index in [1.807, 2.05) is 36.4 Å². The number of fused-ring (bicyclic) bond motifs is 1. The highest BCUT2D eigenvalue weighted by Crippen LogP contribution is 2.37. The van der Waals surface area contributed by atoms with Gasteiger partial charge in [0.25, 0.3) is 0 Å². The van der Waals surface area contributed by atoms with Crippen LogP contribution >= 0.6 is 11.6 Å².